The van der Waals surface area contributed by atoms with Gasteiger partial charge in [0.05, 0.1) is 5.69 Å². The van der Waals surface area contributed by atoms with Crippen molar-refractivity contribution in [2.24, 2.45) is 4.99 Å². The van der Waals surface area contributed by atoms with Crippen LogP contribution < -0.4 is 0 Å². The van der Waals surface area contributed by atoms with Gasteiger partial charge in [0.25, 0.3) is 0 Å². The second-order valence-electron chi connectivity index (χ2n) is 6.28. The predicted octanol–water partition coefficient (Wildman–Crippen LogP) is 4.18. The van der Waals surface area contributed by atoms with Crippen molar-refractivity contribution in [2.75, 3.05) is 0 Å². The first kappa shape index (κ1) is 18.3. The highest BCUT2D eigenvalue weighted by atomic mass is 16.5. The van der Waals surface area contributed by atoms with Crippen LogP contribution in [0.15, 0.2) is 102 Å². The monoisotopic (exact) mass is 381 g/mol. The predicted molar refractivity (Wildman–Crippen MR) is 109 cm³/mol. The molecule has 3 aromatic rings. The van der Waals surface area contributed by atoms with Gasteiger partial charge >= 0.3 is 5.97 Å². The zero-order valence-corrected chi connectivity index (χ0v) is 15.2. The molecule has 0 aliphatic carbocycles. The molecule has 5 heteroatoms. The summed E-state index contributed by atoms with van der Waals surface area (Å²) in [5, 5.41) is 0. The Morgan fingerprint density at radius 2 is 1.28 bits per heavy atom. The van der Waals surface area contributed by atoms with E-state index >= 15 is 0 Å². The minimum Gasteiger partial charge on any atom is -0.420 e. The van der Waals surface area contributed by atoms with E-state index in [0.29, 0.717) is 16.8 Å². The fraction of sp³-hybridized carbons (Fsp3) is 0. The lowest BCUT2D eigenvalue weighted by Crippen LogP contribution is -2.35. The zero-order valence-electron chi connectivity index (χ0n) is 15.2. The largest absolute Gasteiger partial charge is 0.420 e. The molecule has 0 spiro atoms. The molecule has 4 rings (SSSR count). The van der Waals surface area contributed by atoms with Crippen LogP contribution in [0.4, 0.5) is 5.69 Å². The number of cyclic esters (lactones) is 1. The van der Waals surface area contributed by atoms with E-state index in [4.69, 9.17) is 4.74 Å². The minimum absolute atomic E-state index is 0.0542. The molecule has 1 aliphatic rings. The molecule has 0 amide bonds. The number of benzene rings is 3. The van der Waals surface area contributed by atoms with Crippen molar-refractivity contribution in [3.63, 3.8) is 0 Å². The maximum Gasteiger partial charge on any atom is 0.366 e. The van der Waals surface area contributed by atoms with Crippen LogP contribution in [0.3, 0.4) is 0 Å². The summed E-state index contributed by atoms with van der Waals surface area (Å²) < 4.78 is 5.45. The summed E-state index contributed by atoms with van der Waals surface area (Å²) in [5.41, 5.74) is 0.572. The number of esters is 1. The normalized spacial score (nSPS) is 15.4. The SMILES string of the molecule is O=C1OC(c2ccccc2)=C(C(=O)c2ccccc2)C(=O)C1=Nc1ccccc1. The van der Waals surface area contributed by atoms with Crippen LogP contribution in [0.1, 0.15) is 15.9 Å². The molecule has 0 bridgehead atoms. The van der Waals surface area contributed by atoms with Crippen LogP contribution in [-0.2, 0) is 14.3 Å². The topological polar surface area (TPSA) is 72.8 Å². The van der Waals surface area contributed by atoms with Crippen molar-refractivity contribution in [2.45, 2.75) is 0 Å². The van der Waals surface area contributed by atoms with E-state index in [1.807, 2.05) is 0 Å². The first-order valence-electron chi connectivity index (χ1n) is 8.95. The molecular formula is C24H15NO4. The molecule has 0 aromatic heterocycles. The van der Waals surface area contributed by atoms with E-state index in [0.717, 1.165) is 0 Å². The highest BCUT2D eigenvalue weighted by Crippen LogP contribution is 2.29. The molecule has 29 heavy (non-hydrogen) atoms. The van der Waals surface area contributed by atoms with Gasteiger partial charge in [-0.1, -0.05) is 78.9 Å². The standard InChI is InChI=1S/C24H15NO4/c26-21(16-10-4-1-5-11-16)19-22(27)20(25-18-14-8-3-9-15-18)24(28)29-23(19)17-12-6-2-7-13-17/h1-15H. The van der Waals surface area contributed by atoms with E-state index in [9.17, 15) is 14.4 Å². The van der Waals surface area contributed by atoms with Gasteiger partial charge in [0, 0.05) is 11.1 Å². The summed E-state index contributed by atoms with van der Waals surface area (Å²) in [6.45, 7) is 0. The van der Waals surface area contributed by atoms with Gasteiger partial charge in [0.1, 0.15) is 5.57 Å². The first-order chi connectivity index (χ1) is 14.1. The van der Waals surface area contributed by atoms with Gasteiger partial charge in [-0.15, -0.1) is 0 Å². The van der Waals surface area contributed by atoms with E-state index in [1.165, 1.54) is 0 Å². The van der Waals surface area contributed by atoms with Gasteiger partial charge < -0.3 is 4.74 Å². The Hall–Kier alpha value is -4.12. The van der Waals surface area contributed by atoms with Crippen molar-refractivity contribution in [1.82, 2.24) is 0 Å². The third-order valence-electron chi connectivity index (χ3n) is 4.35. The third kappa shape index (κ3) is 3.66. The fourth-order valence-corrected chi connectivity index (χ4v) is 2.97. The number of hydrogen-bond donors (Lipinski definition) is 0. The summed E-state index contributed by atoms with van der Waals surface area (Å²) in [6, 6.07) is 25.6. The Kier molecular flexibility index (Phi) is 4.95. The van der Waals surface area contributed by atoms with Gasteiger partial charge in [-0.25, -0.2) is 9.79 Å². The van der Waals surface area contributed by atoms with Gasteiger partial charge in [-0.2, -0.15) is 0 Å². The van der Waals surface area contributed by atoms with Crippen LogP contribution in [0.2, 0.25) is 0 Å². The molecule has 5 nitrogen and oxygen atoms in total. The van der Waals surface area contributed by atoms with Crippen LogP contribution in [0.5, 0.6) is 0 Å². The first-order valence-corrected chi connectivity index (χ1v) is 8.95. The molecule has 140 valence electrons. The molecule has 3 aromatic carbocycles. The molecule has 0 atom stereocenters. The second kappa shape index (κ2) is 7.86. The van der Waals surface area contributed by atoms with Gasteiger partial charge in [-0.05, 0) is 12.1 Å². The Morgan fingerprint density at radius 3 is 1.90 bits per heavy atom. The number of ketones is 2. The number of hydrogen-bond acceptors (Lipinski definition) is 5. The average molecular weight is 381 g/mol. The number of nitrogens with zero attached hydrogens (tertiary/aromatic N) is 1. The number of aliphatic imine (C=N–C) groups is 1. The third-order valence-corrected chi connectivity index (χ3v) is 4.35. The quantitative estimate of drug-likeness (QED) is 0.386. The number of rotatable bonds is 4. The van der Waals surface area contributed by atoms with Crippen LogP contribution in [0.25, 0.3) is 5.76 Å². The summed E-state index contributed by atoms with van der Waals surface area (Å²) in [7, 11) is 0. The maximum absolute atomic E-state index is 13.2. The summed E-state index contributed by atoms with van der Waals surface area (Å²) in [6.07, 6.45) is 0. The number of Topliss-reactive ketones (excluding diaryl/α,β-unsaturated/α-hetero) is 2. The molecule has 0 saturated carbocycles. The minimum atomic E-state index is -0.887. The number of carbonyl (C=O) groups is 3. The van der Waals surface area contributed by atoms with Crippen molar-refractivity contribution >= 4 is 34.7 Å². The maximum atomic E-state index is 13.2. The van der Waals surface area contributed by atoms with Gasteiger partial charge in [0.2, 0.25) is 11.6 Å². The summed E-state index contributed by atoms with van der Waals surface area (Å²) in [5.74, 6) is -2.22. The van der Waals surface area contributed by atoms with Crippen molar-refractivity contribution < 1.29 is 19.1 Å². The smallest absolute Gasteiger partial charge is 0.366 e. The molecule has 0 saturated heterocycles. The molecule has 1 aliphatic heterocycles. The number of para-hydroxylation sites is 1. The van der Waals surface area contributed by atoms with Crippen molar-refractivity contribution in [1.29, 1.82) is 0 Å². The molecule has 1 heterocycles. The molecular weight excluding hydrogens is 366 g/mol. The number of carbonyl (C=O) groups excluding carboxylic acids is 3. The van der Waals surface area contributed by atoms with Crippen LogP contribution >= 0.6 is 0 Å². The lowest BCUT2D eigenvalue weighted by atomic mass is 9.92. The van der Waals surface area contributed by atoms with Crippen molar-refractivity contribution in [3.8, 4) is 0 Å². The summed E-state index contributed by atoms with van der Waals surface area (Å²) in [4.78, 5) is 43.1. The number of allylic oxidation sites excluding steroid dienone is 1. The fourth-order valence-electron chi connectivity index (χ4n) is 2.97. The zero-order chi connectivity index (χ0) is 20.2. The molecule has 0 fully saturated rings. The Labute approximate surface area is 167 Å². The highest BCUT2D eigenvalue weighted by molar-refractivity contribution is 6.72. The van der Waals surface area contributed by atoms with Gasteiger partial charge in [0.15, 0.2) is 11.5 Å². The van der Waals surface area contributed by atoms with Crippen LogP contribution in [0, 0.1) is 0 Å². The number of ether oxygens (including phenoxy) is 1. The molecule has 0 radical (unpaired) electrons. The van der Waals surface area contributed by atoms with Crippen LogP contribution in [-0.4, -0.2) is 23.2 Å². The second-order valence-corrected chi connectivity index (χ2v) is 6.28. The lowest BCUT2D eigenvalue weighted by molar-refractivity contribution is -0.130. The van der Waals surface area contributed by atoms with Crippen molar-refractivity contribution in [3.05, 3.63) is 108 Å². The Bertz CT molecular complexity index is 1150. The van der Waals surface area contributed by atoms with E-state index < -0.39 is 23.2 Å². The molecule has 0 N–H and O–H groups in total. The molecule has 0 unspecified atom stereocenters. The average Bonchev–Trinajstić information content (AvgIpc) is 2.78. The van der Waals surface area contributed by atoms with E-state index in [1.54, 1.807) is 91.0 Å². The lowest BCUT2D eigenvalue weighted by Gasteiger charge is -2.19. The van der Waals surface area contributed by atoms with Gasteiger partial charge in [-0.3, -0.25) is 9.59 Å². The van der Waals surface area contributed by atoms with E-state index in [2.05, 4.69) is 4.99 Å². The Morgan fingerprint density at radius 1 is 0.724 bits per heavy atom. The Balaban J connectivity index is 1.88. The summed E-state index contributed by atoms with van der Waals surface area (Å²) >= 11 is 0. The van der Waals surface area contributed by atoms with E-state index in [-0.39, 0.29) is 11.3 Å². The highest BCUT2D eigenvalue weighted by Gasteiger charge is 2.39.